The molecule has 1 heterocycles. The second-order valence-electron chi connectivity index (χ2n) is 5.49. The van der Waals surface area contributed by atoms with Crippen LogP contribution < -0.4 is 5.32 Å². The first-order valence-electron chi connectivity index (χ1n) is 6.58. The highest BCUT2D eigenvalue weighted by Crippen LogP contribution is 2.32. The van der Waals surface area contributed by atoms with E-state index >= 15 is 0 Å². The summed E-state index contributed by atoms with van der Waals surface area (Å²) in [6.07, 6.45) is 0.904. The smallest absolute Gasteiger partial charge is 0.244 e. The first-order valence-corrected chi connectivity index (χ1v) is 6.58. The van der Waals surface area contributed by atoms with E-state index < -0.39 is 0 Å². The number of carbonyl (C=O) groups is 1. The molecule has 0 spiro atoms. The predicted octanol–water partition coefficient (Wildman–Crippen LogP) is 2.13. The Kier molecular flexibility index (Phi) is 3.44. The third kappa shape index (κ3) is 2.03. The molecule has 3 heteroatoms. The Morgan fingerprint density at radius 1 is 1.39 bits per heavy atom. The maximum absolute atomic E-state index is 12.6. The van der Waals surface area contributed by atoms with Crippen molar-refractivity contribution in [1.29, 1.82) is 0 Å². The summed E-state index contributed by atoms with van der Waals surface area (Å²) in [4.78, 5) is 14.6. The molecular weight excluding hydrogens is 224 g/mol. The van der Waals surface area contributed by atoms with E-state index in [9.17, 15) is 4.79 Å². The molecule has 1 amide bonds. The molecule has 1 aliphatic rings. The van der Waals surface area contributed by atoms with Gasteiger partial charge in [-0.15, -0.1) is 0 Å². The molecule has 1 unspecified atom stereocenters. The van der Waals surface area contributed by atoms with Crippen molar-refractivity contribution in [3.05, 3.63) is 35.4 Å². The van der Waals surface area contributed by atoms with Crippen molar-refractivity contribution in [2.24, 2.45) is 0 Å². The lowest BCUT2D eigenvalue weighted by Crippen LogP contribution is -2.50. The Balaban J connectivity index is 2.55. The van der Waals surface area contributed by atoms with E-state index in [0.29, 0.717) is 0 Å². The van der Waals surface area contributed by atoms with Crippen LogP contribution in [0.2, 0.25) is 0 Å². The van der Waals surface area contributed by atoms with Crippen LogP contribution in [-0.2, 0) is 11.2 Å². The molecule has 0 bridgehead atoms. The fourth-order valence-electron chi connectivity index (χ4n) is 2.99. The number of hydrogen-bond donors (Lipinski definition) is 1. The van der Waals surface area contributed by atoms with Crippen molar-refractivity contribution in [3.8, 4) is 0 Å². The van der Waals surface area contributed by atoms with Gasteiger partial charge in [0.15, 0.2) is 0 Å². The summed E-state index contributed by atoms with van der Waals surface area (Å²) < 4.78 is 0. The lowest BCUT2D eigenvalue weighted by Gasteiger charge is -2.37. The summed E-state index contributed by atoms with van der Waals surface area (Å²) in [5.41, 5.74) is 2.26. The molecule has 1 aliphatic heterocycles. The molecule has 98 valence electrons. The summed E-state index contributed by atoms with van der Waals surface area (Å²) in [5.74, 6) is 0.176. The van der Waals surface area contributed by atoms with Gasteiger partial charge in [-0.1, -0.05) is 24.3 Å². The molecule has 1 aromatic rings. The van der Waals surface area contributed by atoms with Crippen LogP contribution in [0, 0.1) is 0 Å². The number of carbonyl (C=O) groups excluding carboxylic acids is 1. The molecular formula is C15H22N2O. The van der Waals surface area contributed by atoms with E-state index in [0.717, 1.165) is 18.5 Å². The molecule has 1 aromatic carbocycles. The summed E-state index contributed by atoms with van der Waals surface area (Å²) in [6, 6.07) is 8.03. The van der Waals surface area contributed by atoms with E-state index in [1.807, 2.05) is 31.0 Å². The molecule has 0 saturated heterocycles. The van der Waals surface area contributed by atoms with Gasteiger partial charge < -0.3 is 10.2 Å². The van der Waals surface area contributed by atoms with Gasteiger partial charge >= 0.3 is 0 Å². The number of fused-ring (bicyclic) bond motifs is 1. The van der Waals surface area contributed by atoms with E-state index in [1.165, 1.54) is 5.56 Å². The molecule has 1 N–H and O–H groups in total. The van der Waals surface area contributed by atoms with Crippen LogP contribution in [0.3, 0.4) is 0 Å². The number of likely N-dealkylation sites (N-methyl/N-ethyl adjacent to an activating group) is 2. The van der Waals surface area contributed by atoms with Gasteiger partial charge in [-0.3, -0.25) is 4.79 Å². The largest absolute Gasteiger partial charge is 0.336 e. The van der Waals surface area contributed by atoms with Gasteiger partial charge in [-0.2, -0.15) is 0 Å². The maximum atomic E-state index is 12.6. The minimum atomic E-state index is -0.220. The maximum Gasteiger partial charge on any atom is 0.244 e. The number of rotatable bonds is 2. The molecule has 18 heavy (non-hydrogen) atoms. The van der Waals surface area contributed by atoms with Gasteiger partial charge in [-0.25, -0.2) is 0 Å². The Morgan fingerprint density at radius 3 is 2.67 bits per heavy atom. The molecule has 2 rings (SSSR count). The average Bonchev–Trinajstić information content (AvgIpc) is 2.39. The topological polar surface area (TPSA) is 32.3 Å². The van der Waals surface area contributed by atoms with Gasteiger partial charge in [-0.05, 0) is 45.4 Å². The SMILES string of the molecule is CCN1C(=O)C(NC)c2ccccc2CC1(C)C. The van der Waals surface area contributed by atoms with Crippen LogP contribution in [0.1, 0.15) is 37.9 Å². The third-order valence-corrected chi connectivity index (χ3v) is 3.84. The van der Waals surface area contributed by atoms with Gasteiger partial charge in [0.25, 0.3) is 0 Å². The van der Waals surface area contributed by atoms with Crippen LogP contribution in [0.4, 0.5) is 0 Å². The second-order valence-corrected chi connectivity index (χ2v) is 5.49. The third-order valence-electron chi connectivity index (χ3n) is 3.84. The molecule has 0 aromatic heterocycles. The zero-order valence-corrected chi connectivity index (χ0v) is 11.7. The number of benzene rings is 1. The Hall–Kier alpha value is -1.35. The number of nitrogens with zero attached hydrogens (tertiary/aromatic N) is 1. The van der Waals surface area contributed by atoms with E-state index in [2.05, 4.69) is 31.3 Å². The summed E-state index contributed by atoms with van der Waals surface area (Å²) in [5, 5.41) is 3.16. The predicted molar refractivity (Wildman–Crippen MR) is 73.4 cm³/mol. The standard InChI is InChI=1S/C15H22N2O/c1-5-17-14(18)13(16-4)12-9-7-6-8-11(12)10-15(17,2)3/h6-9,13,16H,5,10H2,1-4H3. The molecule has 0 saturated carbocycles. The molecule has 1 atom stereocenters. The van der Waals surface area contributed by atoms with Gasteiger partial charge in [0.05, 0.1) is 0 Å². The quantitative estimate of drug-likeness (QED) is 0.867. The normalized spacial score (nSPS) is 22.6. The van der Waals surface area contributed by atoms with E-state index in [4.69, 9.17) is 0 Å². The first-order chi connectivity index (χ1) is 8.51. The second kappa shape index (κ2) is 4.73. The number of nitrogens with one attached hydrogen (secondary N) is 1. The number of hydrogen-bond acceptors (Lipinski definition) is 2. The zero-order chi connectivity index (χ0) is 13.3. The van der Waals surface area contributed by atoms with Crippen LogP contribution in [0.5, 0.6) is 0 Å². The van der Waals surface area contributed by atoms with Crippen LogP contribution in [0.25, 0.3) is 0 Å². The van der Waals surface area contributed by atoms with Crippen molar-refractivity contribution in [2.75, 3.05) is 13.6 Å². The van der Waals surface area contributed by atoms with Gasteiger partial charge in [0.1, 0.15) is 6.04 Å². The lowest BCUT2D eigenvalue weighted by molar-refractivity contribution is -0.138. The summed E-state index contributed by atoms with van der Waals surface area (Å²) >= 11 is 0. The lowest BCUT2D eigenvalue weighted by atomic mass is 9.92. The minimum absolute atomic E-state index is 0.131. The summed E-state index contributed by atoms with van der Waals surface area (Å²) in [7, 11) is 1.85. The highest BCUT2D eigenvalue weighted by Gasteiger charge is 2.38. The van der Waals surface area contributed by atoms with Crippen LogP contribution in [0.15, 0.2) is 24.3 Å². The Bertz CT molecular complexity index is 454. The van der Waals surface area contributed by atoms with Crippen molar-refractivity contribution >= 4 is 5.91 Å². The molecule has 0 fully saturated rings. The van der Waals surface area contributed by atoms with E-state index in [-0.39, 0.29) is 17.5 Å². The van der Waals surface area contributed by atoms with Crippen LogP contribution >= 0.6 is 0 Å². The minimum Gasteiger partial charge on any atom is -0.336 e. The van der Waals surface area contributed by atoms with E-state index in [1.54, 1.807) is 0 Å². The van der Waals surface area contributed by atoms with Gasteiger partial charge in [0, 0.05) is 12.1 Å². The van der Waals surface area contributed by atoms with Crippen molar-refractivity contribution in [3.63, 3.8) is 0 Å². The highest BCUT2D eigenvalue weighted by molar-refractivity contribution is 5.85. The fraction of sp³-hybridized carbons (Fsp3) is 0.533. The average molecular weight is 246 g/mol. The van der Waals surface area contributed by atoms with Crippen molar-refractivity contribution in [2.45, 2.75) is 38.8 Å². The summed E-state index contributed by atoms with van der Waals surface area (Å²) in [6.45, 7) is 7.08. The van der Waals surface area contributed by atoms with Crippen molar-refractivity contribution < 1.29 is 4.79 Å². The fourth-order valence-corrected chi connectivity index (χ4v) is 2.99. The monoisotopic (exact) mass is 246 g/mol. The number of amides is 1. The highest BCUT2D eigenvalue weighted by atomic mass is 16.2. The van der Waals surface area contributed by atoms with Gasteiger partial charge in [0.2, 0.25) is 5.91 Å². The zero-order valence-electron chi connectivity index (χ0n) is 11.7. The molecule has 0 radical (unpaired) electrons. The molecule has 3 nitrogen and oxygen atoms in total. The molecule has 0 aliphatic carbocycles. The Labute approximate surface area is 109 Å². The van der Waals surface area contributed by atoms with Crippen LogP contribution in [-0.4, -0.2) is 29.9 Å². The van der Waals surface area contributed by atoms with Crippen molar-refractivity contribution in [1.82, 2.24) is 10.2 Å². The first kappa shape index (κ1) is 13.1. The Morgan fingerprint density at radius 2 is 2.06 bits per heavy atom.